The van der Waals surface area contributed by atoms with Gasteiger partial charge in [-0.15, -0.1) is 0 Å². The molecule has 0 aromatic carbocycles. The van der Waals surface area contributed by atoms with Crippen LogP contribution in [0.4, 0.5) is 0 Å². The van der Waals surface area contributed by atoms with Crippen molar-refractivity contribution in [2.75, 3.05) is 47.5 Å². The third-order valence-electron chi connectivity index (χ3n) is 9.89. The molecule has 376 valence electrons. The lowest BCUT2D eigenvalue weighted by Gasteiger charge is -2.26. The van der Waals surface area contributed by atoms with Crippen LogP contribution in [-0.2, 0) is 33.3 Å². The Hall–Kier alpha value is -4.57. The van der Waals surface area contributed by atoms with Crippen molar-refractivity contribution in [3.63, 3.8) is 0 Å². The Morgan fingerprint density at radius 3 is 1.19 bits per heavy atom. The number of hydrogen-bond acceptors (Lipinski definition) is 8. The van der Waals surface area contributed by atoms with E-state index in [-0.39, 0.29) is 32.7 Å². The molecule has 0 saturated heterocycles. The van der Waals surface area contributed by atoms with Gasteiger partial charge in [0.15, 0.2) is 12.4 Å². The van der Waals surface area contributed by atoms with Crippen molar-refractivity contribution >= 4 is 17.9 Å². The third-order valence-corrected chi connectivity index (χ3v) is 9.89. The molecule has 0 N–H and O–H groups in total. The second-order valence-corrected chi connectivity index (χ2v) is 17.3. The molecule has 0 rings (SSSR count). The number of allylic oxidation sites excluding steroid dienone is 22. The van der Waals surface area contributed by atoms with Crippen molar-refractivity contribution in [3.05, 3.63) is 134 Å². The normalized spacial score (nSPS) is 14.0. The molecular formula is C58H91NO8. The van der Waals surface area contributed by atoms with Gasteiger partial charge in [0, 0.05) is 12.8 Å². The first-order valence-electron chi connectivity index (χ1n) is 25.3. The van der Waals surface area contributed by atoms with Crippen molar-refractivity contribution in [2.24, 2.45) is 0 Å². The van der Waals surface area contributed by atoms with Gasteiger partial charge >= 0.3 is 11.9 Å². The Kier molecular flexibility index (Phi) is 44.6. The number of nitrogens with zero attached hydrogens (tertiary/aromatic N) is 1. The number of carbonyl (C=O) groups excluding carboxylic acids is 3. The van der Waals surface area contributed by atoms with Gasteiger partial charge in [-0.1, -0.05) is 167 Å². The number of ether oxygens (including phenoxy) is 4. The molecule has 0 aliphatic carbocycles. The number of hydrogen-bond donors (Lipinski definition) is 0. The highest BCUT2D eigenvalue weighted by atomic mass is 16.7. The molecule has 0 bridgehead atoms. The average molecular weight is 930 g/mol. The number of esters is 2. The zero-order valence-electron chi connectivity index (χ0n) is 42.5. The monoisotopic (exact) mass is 930 g/mol. The highest BCUT2D eigenvalue weighted by Crippen LogP contribution is 2.11. The van der Waals surface area contributed by atoms with E-state index in [9.17, 15) is 19.5 Å². The van der Waals surface area contributed by atoms with E-state index in [0.717, 1.165) is 116 Å². The van der Waals surface area contributed by atoms with Crippen LogP contribution in [-0.4, -0.2) is 82.3 Å². The van der Waals surface area contributed by atoms with Crippen LogP contribution in [0.2, 0.25) is 0 Å². The third kappa shape index (κ3) is 49.2. The van der Waals surface area contributed by atoms with E-state index in [1.807, 2.05) is 21.1 Å². The lowest BCUT2D eigenvalue weighted by atomic mass is 10.1. The van der Waals surface area contributed by atoms with E-state index >= 15 is 0 Å². The summed E-state index contributed by atoms with van der Waals surface area (Å²) in [4.78, 5) is 37.1. The highest BCUT2D eigenvalue weighted by Gasteiger charge is 2.21. The number of carboxylic acid groups (broad SMARTS) is 1. The molecule has 0 fully saturated rings. The number of carbonyl (C=O) groups is 3. The number of rotatable bonds is 44. The average Bonchev–Trinajstić information content (AvgIpc) is 3.29. The molecule has 67 heavy (non-hydrogen) atoms. The number of carboxylic acids is 1. The first-order valence-corrected chi connectivity index (χ1v) is 25.3. The summed E-state index contributed by atoms with van der Waals surface area (Å²) in [6.07, 6.45) is 65.0. The van der Waals surface area contributed by atoms with Crippen LogP contribution in [0.5, 0.6) is 0 Å². The summed E-state index contributed by atoms with van der Waals surface area (Å²) in [6.45, 7) is 4.40. The fourth-order valence-electron chi connectivity index (χ4n) is 6.03. The topological polar surface area (TPSA) is 111 Å². The van der Waals surface area contributed by atoms with E-state index in [0.29, 0.717) is 23.9 Å². The maximum atomic E-state index is 12.8. The number of quaternary nitrogens is 1. The van der Waals surface area contributed by atoms with Crippen LogP contribution in [0.1, 0.15) is 155 Å². The lowest BCUT2D eigenvalue weighted by molar-refractivity contribution is -0.870. The first kappa shape index (κ1) is 62.4. The van der Waals surface area contributed by atoms with Gasteiger partial charge in [-0.2, -0.15) is 0 Å². The fraction of sp³-hybridized carbons (Fsp3) is 0.569. The van der Waals surface area contributed by atoms with Crippen LogP contribution in [0.15, 0.2) is 134 Å². The van der Waals surface area contributed by atoms with Crippen LogP contribution in [0.3, 0.4) is 0 Å². The summed E-state index contributed by atoms with van der Waals surface area (Å²) in [7, 11) is 5.88. The van der Waals surface area contributed by atoms with E-state index in [1.54, 1.807) is 0 Å². The highest BCUT2D eigenvalue weighted by molar-refractivity contribution is 5.70. The maximum Gasteiger partial charge on any atom is 0.306 e. The number of unbranched alkanes of at least 4 members (excludes halogenated alkanes) is 7. The van der Waals surface area contributed by atoms with Crippen LogP contribution < -0.4 is 5.11 Å². The summed E-state index contributed by atoms with van der Waals surface area (Å²) in [6, 6.07) is 0. The van der Waals surface area contributed by atoms with Crippen LogP contribution in [0, 0.1) is 0 Å². The minimum atomic E-state index is -1.64. The Morgan fingerprint density at radius 1 is 0.448 bits per heavy atom. The standard InChI is InChI=1S/C58H91NO8/c1-6-8-10-12-14-16-18-20-21-22-23-24-25-26-27-28-29-30-31-32-33-34-35-37-39-41-43-45-47-49-56(61)67-54(53-66-58(57(62)63)64-51-50-59(3,4)5)52-65-55(60)48-46-44-42-40-38-36-19-17-15-13-11-9-7-2/h8-11,14-17,20-21,23-24,26-27,29-30,32-33,35-38,54,58H,6-7,12-13,18-19,22,25,28,31,34,39-53H2,1-5H3/b10-8-,11-9-,16-14-,17-15-,21-20-,24-23-,27-26-,30-29-,33-32-,37-35-,38-36-. The first-order chi connectivity index (χ1) is 32.6. The van der Waals surface area contributed by atoms with E-state index in [4.69, 9.17) is 18.9 Å². The lowest BCUT2D eigenvalue weighted by Crippen LogP contribution is -2.44. The smallest absolute Gasteiger partial charge is 0.306 e. The van der Waals surface area contributed by atoms with Gasteiger partial charge in [-0.25, -0.2) is 0 Å². The van der Waals surface area contributed by atoms with Crippen LogP contribution in [0.25, 0.3) is 0 Å². The largest absolute Gasteiger partial charge is 0.545 e. The van der Waals surface area contributed by atoms with Crippen molar-refractivity contribution in [1.82, 2.24) is 0 Å². The minimum absolute atomic E-state index is 0.129. The predicted octanol–water partition coefficient (Wildman–Crippen LogP) is 13.0. The summed E-state index contributed by atoms with van der Waals surface area (Å²) < 4.78 is 22.5. The molecule has 0 heterocycles. The Labute approximate surface area is 408 Å². The van der Waals surface area contributed by atoms with E-state index in [1.165, 1.54) is 0 Å². The van der Waals surface area contributed by atoms with Crippen molar-refractivity contribution in [1.29, 1.82) is 0 Å². The Morgan fingerprint density at radius 2 is 0.806 bits per heavy atom. The molecule has 0 aliphatic rings. The minimum Gasteiger partial charge on any atom is -0.545 e. The summed E-state index contributed by atoms with van der Waals surface area (Å²) in [5, 5.41) is 11.7. The Bertz CT molecular complexity index is 1550. The molecule has 0 aromatic heterocycles. The van der Waals surface area contributed by atoms with Gasteiger partial charge in [0.1, 0.15) is 13.2 Å². The fourth-order valence-corrected chi connectivity index (χ4v) is 6.03. The Balaban J connectivity index is 4.42. The summed E-state index contributed by atoms with van der Waals surface area (Å²) in [5.74, 6) is -2.38. The quantitative estimate of drug-likeness (QED) is 0.0195. The molecule has 0 saturated carbocycles. The van der Waals surface area contributed by atoms with Crippen molar-refractivity contribution in [3.8, 4) is 0 Å². The van der Waals surface area contributed by atoms with E-state index < -0.39 is 30.3 Å². The maximum absolute atomic E-state index is 12.8. The molecule has 9 nitrogen and oxygen atoms in total. The zero-order valence-corrected chi connectivity index (χ0v) is 42.5. The van der Waals surface area contributed by atoms with Gasteiger partial charge < -0.3 is 33.3 Å². The molecule has 0 radical (unpaired) electrons. The van der Waals surface area contributed by atoms with Crippen molar-refractivity contribution in [2.45, 2.75) is 167 Å². The predicted molar refractivity (Wildman–Crippen MR) is 278 cm³/mol. The molecule has 0 aromatic rings. The molecule has 0 amide bonds. The SMILES string of the molecule is CC/C=C\C/C=C\C/C=C\C/C=C\C/C=C\C/C=C\C/C=C\C/C=C\CCCCCCC(=O)OC(COC(=O)CCCCC/C=C\C/C=C\C/C=C\CC)COC(OCC[N+](C)(C)C)C(=O)[O-]. The van der Waals surface area contributed by atoms with Gasteiger partial charge in [0.2, 0.25) is 0 Å². The number of likely N-dealkylation sites (N-methyl/N-ethyl adjacent to an activating group) is 1. The van der Waals surface area contributed by atoms with Crippen molar-refractivity contribution < 1.29 is 42.9 Å². The van der Waals surface area contributed by atoms with Crippen LogP contribution >= 0.6 is 0 Å². The zero-order chi connectivity index (χ0) is 49.2. The second-order valence-electron chi connectivity index (χ2n) is 17.3. The summed E-state index contributed by atoms with van der Waals surface area (Å²) in [5.41, 5.74) is 0. The molecule has 9 heteroatoms. The molecule has 0 spiro atoms. The van der Waals surface area contributed by atoms with Gasteiger partial charge in [-0.05, 0) is 109 Å². The molecule has 2 atom stereocenters. The second kappa shape index (κ2) is 47.9. The molecule has 2 unspecified atom stereocenters. The van der Waals surface area contributed by atoms with Gasteiger partial charge in [0.05, 0.1) is 40.3 Å². The molecule has 0 aliphatic heterocycles. The number of aliphatic carboxylic acids is 1. The molecular weight excluding hydrogens is 839 g/mol. The van der Waals surface area contributed by atoms with Gasteiger partial charge in [0.25, 0.3) is 0 Å². The van der Waals surface area contributed by atoms with E-state index in [2.05, 4.69) is 148 Å². The summed E-state index contributed by atoms with van der Waals surface area (Å²) >= 11 is 0. The van der Waals surface area contributed by atoms with Gasteiger partial charge in [-0.3, -0.25) is 9.59 Å².